The molecule has 0 saturated heterocycles. The third-order valence-electron chi connectivity index (χ3n) is 2.98. The molecule has 0 spiro atoms. The summed E-state index contributed by atoms with van der Waals surface area (Å²) in [5.41, 5.74) is 3.16. The molecule has 0 aliphatic heterocycles. The van der Waals surface area contributed by atoms with Crippen molar-refractivity contribution in [3.05, 3.63) is 53.2 Å². The van der Waals surface area contributed by atoms with Gasteiger partial charge in [0.25, 0.3) is 0 Å². The van der Waals surface area contributed by atoms with E-state index in [0.717, 1.165) is 29.3 Å². The van der Waals surface area contributed by atoms with E-state index in [1.165, 1.54) is 12.0 Å². The first-order valence-corrected chi connectivity index (χ1v) is 7.13. The van der Waals surface area contributed by atoms with Crippen LogP contribution in [0.4, 0.5) is 5.69 Å². The van der Waals surface area contributed by atoms with Crippen molar-refractivity contribution in [1.29, 1.82) is 0 Å². The van der Waals surface area contributed by atoms with Crippen LogP contribution in [0.5, 0.6) is 5.75 Å². The monoisotopic (exact) mass is 286 g/mol. The van der Waals surface area contributed by atoms with Gasteiger partial charge in [0.15, 0.2) is 12.2 Å². The zero-order valence-corrected chi connectivity index (χ0v) is 11.8. The lowest BCUT2D eigenvalue weighted by atomic mass is 10.1. The van der Waals surface area contributed by atoms with E-state index in [1.54, 1.807) is 24.6 Å². The van der Waals surface area contributed by atoms with Crippen molar-refractivity contribution in [3.63, 3.8) is 0 Å². The minimum atomic E-state index is 0.742. The zero-order valence-electron chi connectivity index (χ0n) is 11.0. The Morgan fingerprint density at radius 3 is 3.00 bits per heavy atom. The summed E-state index contributed by atoms with van der Waals surface area (Å²) in [6, 6.07) is 7.99. The predicted octanol–water partition coefficient (Wildman–Crippen LogP) is 4.02. The van der Waals surface area contributed by atoms with Gasteiger partial charge in [0, 0.05) is 12.1 Å². The molecule has 0 bridgehead atoms. The lowest BCUT2D eigenvalue weighted by Crippen LogP contribution is -2.00. The van der Waals surface area contributed by atoms with E-state index in [-0.39, 0.29) is 0 Å². The molecule has 0 aliphatic rings. The van der Waals surface area contributed by atoms with Gasteiger partial charge < -0.3 is 14.5 Å². The number of rotatable bonds is 5. The maximum atomic E-state index is 5.38. The van der Waals surface area contributed by atoms with Gasteiger partial charge in [-0.05, 0) is 40.6 Å². The van der Waals surface area contributed by atoms with Gasteiger partial charge in [0.05, 0.1) is 19.0 Å². The Labute approximate surface area is 121 Å². The van der Waals surface area contributed by atoms with Gasteiger partial charge in [-0.1, -0.05) is 0 Å². The fourth-order valence-electron chi connectivity index (χ4n) is 1.95. The summed E-state index contributed by atoms with van der Waals surface area (Å²) in [5.74, 6) is 1.55. The fraction of sp³-hybridized carbons (Fsp3) is 0.133. The molecule has 0 aliphatic carbocycles. The molecule has 3 aromatic rings. The minimum Gasteiger partial charge on any atom is -0.495 e. The highest BCUT2D eigenvalue weighted by Gasteiger charge is 2.08. The number of hydrogen-bond donors (Lipinski definition) is 1. The molecular formula is C15H14N2O2S. The number of ether oxygens (including phenoxy) is 1. The highest BCUT2D eigenvalue weighted by molar-refractivity contribution is 7.07. The average Bonchev–Trinajstić information content (AvgIpc) is 3.18. The molecule has 3 rings (SSSR count). The van der Waals surface area contributed by atoms with Gasteiger partial charge in [-0.25, -0.2) is 4.98 Å². The summed E-state index contributed by atoms with van der Waals surface area (Å²) in [6.07, 6.45) is 3.13. The zero-order chi connectivity index (χ0) is 13.8. The molecule has 1 N–H and O–H groups in total. The second-order valence-corrected chi connectivity index (χ2v) is 5.05. The Morgan fingerprint density at radius 2 is 2.30 bits per heavy atom. The fourth-order valence-corrected chi connectivity index (χ4v) is 2.62. The molecule has 102 valence electrons. The summed E-state index contributed by atoms with van der Waals surface area (Å²) in [7, 11) is 1.67. The van der Waals surface area contributed by atoms with Gasteiger partial charge in [-0.2, -0.15) is 11.3 Å². The Kier molecular flexibility index (Phi) is 3.69. The number of benzene rings is 1. The van der Waals surface area contributed by atoms with Gasteiger partial charge in [-0.15, -0.1) is 0 Å². The lowest BCUT2D eigenvalue weighted by Gasteiger charge is -2.11. The smallest absolute Gasteiger partial charge is 0.181 e. The second-order valence-electron chi connectivity index (χ2n) is 4.27. The van der Waals surface area contributed by atoms with Crippen LogP contribution < -0.4 is 10.1 Å². The normalized spacial score (nSPS) is 10.4. The number of anilines is 1. The number of hydrogen-bond acceptors (Lipinski definition) is 5. The van der Waals surface area contributed by atoms with Crippen LogP contribution in [0.1, 0.15) is 5.56 Å². The number of methoxy groups -OCH3 is 1. The van der Waals surface area contributed by atoms with E-state index in [2.05, 4.69) is 27.1 Å². The summed E-state index contributed by atoms with van der Waals surface area (Å²) >= 11 is 1.69. The molecular weight excluding hydrogens is 272 g/mol. The van der Waals surface area contributed by atoms with Crippen LogP contribution in [-0.2, 0) is 6.54 Å². The van der Waals surface area contributed by atoms with Crippen LogP contribution in [0.2, 0.25) is 0 Å². The van der Waals surface area contributed by atoms with Crippen molar-refractivity contribution in [2.75, 3.05) is 12.4 Å². The second kappa shape index (κ2) is 5.79. The van der Waals surface area contributed by atoms with E-state index in [9.17, 15) is 0 Å². The third-order valence-corrected chi connectivity index (χ3v) is 3.71. The van der Waals surface area contributed by atoms with E-state index >= 15 is 0 Å². The molecule has 0 amide bonds. The standard InChI is InChI=1S/C15H14N2O2S/c1-18-14-3-2-12(15-8-16-10-19-15)6-13(14)17-7-11-4-5-20-9-11/h2-6,8-10,17H,7H2,1H3. The molecule has 20 heavy (non-hydrogen) atoms. The summed E-state index contributed by atoms with van der Waals surface area (Å²) in [5, 5.41) is 7.58. The quantitative estimate of drug-likeness (QED) is 0.769. The maximum absolute atomic E-state index is 5.38. The Morgan fingerprint density at radius 1 is 1.35 bits per heavy atom. The average molecular weight is 286 g/mol. The Hall–Kier alpha value is -2.27. The number of aromatic nitrogens is 1. The largest absolute Gasteiger partial charge is 0.495 e. The molecule has 0 atom stereocenters. The van der Waals surface area contributed by atoms with Crippen molar-refractivity contribution in [2.45, 2.75) is 6.54 Å². The first-order chi connectivity index (χ1) is 9.86. The van der Waals surface area contributed by atoms with E-state index in [1.807, 2.05) is 18.2 Å². The van der Waals surface area contributed by atoms with E-state index < -0.39 is 0 Å². The summed E-state index contributed by atoms with van der Waals surface area (Å²) in [4.78, 5) is 3.94. The molecule has 0 radical (unpaired) electrons. The Bertz CT molecular complexity index is 663. The Balaban J connectivity index is 1.85. The van der Waals surface area contributed by atoms with E-state index in [0.29, 0.717) is 0 Å². The molecule has 2 aromatic heterocycles. The SMILES string of the molecule is COc1ccc(-c2cnco2)cc1NCc1ccsc1. The highest BCUT2D eigenvalue weighted by atomic mass is 32.1. The molecule has 0 unspecified atom stereocenters. The van der Waals surface area contributed by atoms with Crippen LogP contribution >= 0.6 is 11.3 Å². The molecule has 4 nitrogen and oxygen atoms in total. The third kappa shape index (κ3) is 2.67. The van der Waals surface area contributed by atoms with Crippen LogP contribution in [-0.4, -0.2) is 12.1 Å². The van der Waals surface area contributed by atoms with Gasteiger partial charge in [0.2, 0.25) is 0 Å². The molecule has 0 saturated carbocycles. The number of nitrogens with one attached hydrogen (secondary N) is 1. The first kappa shape index (κ1) is 12.7. The highest BCUT2D eigenvalue weighted by Crippen LogP contribution is 2.30. The predicted molar refractivity (Wildman–Crippen MR) is 80.1 cm³/mol. The minimum absolute atomic E-state index is 0.742. The van der Waals surface area contributed by atoms with Gasteiger partial charge >= 0.3 is 0 Å². The van der Waals surface area contributed by atoms with Crippen molar-refractivity contribution in [3.8, 4) is 17.1 Å². The van der Waals surface area contributed by atoms with Crippen LogP contribution in [0.25, 0.3) is 11.3 Å². The van der Waals surface area contributed by atoms with Crippen molar-refractivity contribution in [2.24, 2.45) is 0 Å². The van der Waals surface area contributed by atoms with Crippen molar-refractivity contribution >= 4 is 17.0 Å². The van der Waals surface area contributed by atoms with Gasteiger partial charge in [-0.3, -0.25) is 0 Å². The van der Waals surface area contributed by atoms with Crippen molar-refractivity contribution < 1.29 is 9.15 Å². The van der Waals surface area contributed by atoms with Gasteiger partial charge in [0.1, 0.15) is 5.75 Å². The molecule has 1 aromatic carbocycles. The van der Waals surface area contributed by atoms with Crippen LogP contribution in [0.15, 0.2) is 52.0 Å². The summed E-state index contributed by atoms with van der Waals surface area (Å²) in [6.45, 7) is 0.764. The molecule has 0 fully saturated rings. The van der Waals surface area contributed by atoms with Crippen molar-refractivity contribution in [1.82, 2.24) is 4.98 Å². The molecule has 2 heterocycles. The number of nitrogens with zero attached hydrogens (tertiary/aromatic N) is 1. The van der Waals surface area contributed by atoms with Crippen LogP contribution in [0.3, 0.4) is 0 Å². The lowest BCUT2D eigenvalue weighted by molar-refractivity contribution is 0.416. The molecule has 5 heteroatoms. The van der Waals surface area contributed by atoms with Crippen LogP contribution in [0, 0.1) is 0 Å². The topological polar surface area (TPSA) is 47.3 Å². The number of thiophene rings is 1. The first-order valence-electron chi connectivity index (χ1n) is 6.18. The maximum Gasteiger partial charge on any atom is 0.181 e. The van der Waals surface area contributed by atoms with E-state index in [4.69, 9.17) is 9.15 Å². The number of oxazole rings is 1. The summed E-state index contributed by atoms with van der Waals surface area (Å²) < 4.78 is 10.7.